The van der Waals surface area contributed by atoms with Gasteiger partial charge in [0.25, 0.3) is 0 Å². The van der Waals surface area contributed by atoms with Crippen LogP contribution in [0.15, 0.2) is 29.4 Å². The van der Waals surface area contributed by atoms with Crippen molar-refractivity contribution in [1.82, 2.24) is 20.5 Å². The smallest absolute Gasteiger partial charge is 0.233 e. The molecule has 1 aromatic carbocycles. The molecular formula is C15H19ClN4OS. The van der Waals surface area contributed by atoms with Crippen LogP contribution in [0.1, 0.15) is 20.8 Å². The van der Waals surface area contributed by atoms with E-state index < -0.39 is 0 Å². The summed E-state index contributed by atoms with van der Waals surface area (Å²) in [6, 6.07) is 7.34. The Bertz CT molecular complexity index is 627. The molecule has 22 heavy (non-hydrogen) atoms. The van der Waals surface area contributed by atoms with Gasteiger partial charge >= 0.3 is 0 Å². The Morgan fingerprint density at radius 3 is 2.64 bits per heavy atom. The summed E-state index contributed by atoms with van der Waals surface area (Å²) < 4.78 is 0. The third-order valence-electron chi connectivity index (χ3n) is 2.92. The van der Waals surface area contributed by atoms with Gasteiger partial charge in [0.05, 0.1) is 5.25 Å². The second kappa shape index (κ2) is 7.65. The minimum atomic E-state index is -0.243. The number of hydrogen-bond acceptors (Lipinski definition) is 4. The molecule has 2 aromatic rings. The molecule has 118 valence electrons. The van der Waals surface area contributed by atoms with E-state index in [0.717, 1.165) is 5.56 Å². The van der Waals surface area contributed by atoms with E-state index in [1.807, 2.05) is 19.1 Å². The summed E-state index contributed by atoms with van der Waals surface area (Å²) in [6.45, 7) is 6.64. The number of amides is 1. The number of carbonyl (C=O) groups excluding carboxylic acids is 1. The van der Waals surface area contributed by atoms with Gasteiger partial charge in [0, 0.05) is 17.1 Å². The average molecular weight is 339 g/mol. The lowest BCUT2D eigenvalue weighted by molar-refractivity contribution is -0.120. The quantitative estimate of drug-likeness (QED) is 0.792. The van der Waals surface area contributed by atoms with Crippen molar-refractivity contribution in [2.75, 3.05) is 6.54 Å². The Balaban J connectivity index is 1.96. The minimum absolute atomic E-state index is 0.00320. The first-order valence-corrected chi connectivity index (χ1v) is 8.34. The molecule has 0 fully saturated rings. The fourth-order valence-corrected chi connectivity index (χ4v) is 2.57. The lowest BCUT2D eigenvalue weighted by Gasteiger charge is -2.11. The number of nitrogens with zero attached hydrogens (tertiary/aromatic N) is 2. The largest absolute Gasteiger partial charge is 0.355 e. The van der Waals surface area contributed by atoms with Gasteiger partial charge < -0.3 is 5.32 Å². The zero-order chi connectivity index (χ0) is 16.1. The van der Waals surface area contributed by atoms with Crippen molar-refractivity contribution in [2.24, 2.45) is 5.92 Å². The highest BCUT2D eigenvalue weighted by Gasteiger charge is 2.17. The van der Waals surface area contributed by atoms with Crippen LogP contribution in [0.25, 0.3) is 11.4 Å². The molecule has 2 rings (SSSR count). The first-order chi connectivity index (χ1) is 10.5. The van der Waals surface area contributed by atoms with Crippen LogP contribution in [0.4, 0.5) is 0 Å². The number of rotatable bonds is 6. The molecule has 0 spiro atoms. The first-order valence-electron chi connectivity index (χ1n) is 7.08. The van der Waals surface area contributed by atoms with Crippen LogP contribution in [0, 0.1) is 5.92 Å². The number of hydrogen-bond donors (Lipinski definition) is 2. The molecule has 5 nitrogen and oxygen atoms in total. The maximum Gasteiger partial charge on any atom is 0.233 e. The van der Waals surface area contributed by atoms with Crippen molar-refractivity contribution in [2.45, 2.75) is 31.2 Å². The van der Waals surface area contributed by atoms with E-state index in [-0.39, 0.29) is 11.2 Å². The molecule has 0 aliphatic carbocycles. The summed E-state index contributed by atoms with van der Waals surface area (Å²) in [7, 11) is 0. The number of aromatic nitrogens is 3. The number of thioether (sulfide) groups is 1. The second-order valence-corrected chi connectivity index (χ2v) is 7.12. The van der Waals surface area contributed by atoms with Gasteiger partial charge in [0.1, 0.15) is 0 Å². The topological polar surface area (TPSA) is 70.7 Å². The van der Waals surface area contributed by atoms with Crippen molar-refractivity contribution in [3.63, 3.8) is 0 Å². The molecule has 1 atom stereocenters. The van der Waals surface area contributed by atoms with Crippen LogP contribution >= 0.6 is 23.4 Å². The molecule has 0 bridgehead atoms. The summed E-state index contributed by atoms with van der Waals surface area (Å²) >= 11 is 7.20. The van der Waals surface area contributed by atoms with Crippen LogP contribution in [0.5, 0.6) is 0 Å². The number of aromatic amines is 1. The standard InChI is InChI=1S/C15H19ClN4OS/c1-9(2)8-17-14(21)10(3)22-15-18-13(19-20-15)11-4-6-12(16)7-5-11/h4-7,9-10H,8H2,1-3H3,(H,17,21)(H,18,19,20)/t10-/m1/s1. The molecule has 7 heteroatoms. The third-order valence-corrected chi connectivity index (χ3v) is 4.13. The highest BCUT2D eigenvalue weighted by atomic mass is 35.5. The summed E-state index contributed by atoms with van der Waals surface area (Å²) in [5.41, 5.74) is 0.903. The van der Waals surface area contributed by atoms with Gasteiger partial charge in [-0.25, -0.2) is 4.98 Å². The number of H-pyrrole nitrogens is 1. The Morgan fingerprint density at radius 1 is 1.32 bits per heavy atom. The Morgan fingerprint density at radius 2 is 2.00 bits per heavy atom. The van der Waals surface area contributed by atoms with Gasteiger partial charge in [-0.3, -0.25) is 9.89 Å². The lowest BCUT2D eigenvalue weighted by atomic mass is 10.2. The van der Waals surface area contributed by atoms with E-state index in [4.69, 9.17) is 11.6 Å². The first kappa shape index (κ1) is 16.8. The summed E-state index contributed by atoms with van der Waals surface area (Å²) in [4.78, 5) is 16.4. The molecule has 1 amide bonds. The minimum Gasteiger partial charge on any atom is -0.355 e. The number of carbonyl (C=O) groups is 1. The van der Waals surface area contributed by atoms with Crippen LogP contribution in [-0.2, 0) is 4.79 Å². The number of halogens is 1. The van der Waals surface area contributed by atoms with Gasteiger partial charge in [-0.1, -0.05) is 37.2 Å². The molecule has 2 N–H and O–H groups in total. The predicted octanol–water partition coefficient (Wildman–Crippen LogP) is 3.38. The maximum atomic E-state index is 12.0. The normalized spacial score (nSPS) is 12.4. The monoisotopic (exact) mass is 338 g/mol. The highest BCUT2D eigenvalue weighted by molar-refractivity contribution is 8.00. The summed E-state index contributed by atoms with van der Waals surface area (Å²) in [6.07, 6.45) is 0. The van der Waals surface area contributed by atoms with E-state index >= 15 is 0 Å². The van der Waals surface area contributed by atoms with Crippen LogP contribution in [0.3, 0.4) is 0 Å². The van der Waals surface area contributed by atoms with Crippen molar-refractivity contribution in [3.8, 4) is 11.4 Å². The Labute approximate surface area is 139 Å². The lowest BCUT2D eigenvalue weighted by Crippen LogP contribution is -2.33. The van der Waals surface area contributed by atoms with Gasteiger partial charge in [-0.05, 0) is 37.1 Å². The zero-order valence-electron chi connectivity index (χ0n) is 12.8. The molecule has 0 aliphatic heterocycles. The molecule has 0 saturated carbocycles. The second-order valence-electron chi connectivity index (χ2n) is 5.37. The molecule has 0 radical (unpaired) electrons. The molecule has 0 saturated heterocycles. The number of nitrogens with one attached hydrogen (secondary N) is 2. The Hall–Kier alpha value is -1.53. The zero-order valence-corrected chi connectivity index (χ0v) is 14.3. The van der Waals surface area contributed by atoms with Crippen LogP contribution in [0.2, 0.25) is 5.02 Å². The van der Waals surface area contributed by atoms with Crippen molar-refractivity contribution in [3.05, 3.63) is 29.3 Å². The van der Waals surface area contributed by atoms with Crippen LogP contribution < -0.4 is 5.32 Å². The predicted molar refractivity (Wildman–Crippen MR) is 90.0 cm³/mol. The summed E-state index contributed by atoms with van der Waals surface area (Å²) in [5.74, 6) is 1.09. The maximum absolute atomic E-state index is 12.0. The van der Waals surface area contributed by atoms with Crippen molar-refractivity contribution < 1.29 is 4.79 Å². The SMILES string of the molecule is CC(C)CNC(=O)[C@@H](C)Sc1n[nH]c(-c2ccc(Cl)cc2)n1. The van der Waals surface area contributed by atoms with Crippen LogP contribution in [-0.4, -0.2) is 32.9 Å². The molecular weight excluding hydrogens is 320 g/mol. The van der Waals surface area contributed by atoms with Gasteiger partial charge in [-0.2, -0.15) is 0 Å². The van der Waals surface area contributed by atoms with Gasteiger partial charge in [0.15, 0.2) is 5.82 Å². The molecule has 1 heterocycles. The van der Waals surface area contributed by atoms with Gasteiger partial charge in [-0.15, -0.1) is 5.10 Å². The summed E-state index contributed by atoms with van der Waals surface area (Å²) in [5, 5.41) is 10.9. The van der Waals surface area contributed by atoms with Crippen molar-refractivity contribution in [1.29, 1.82) is 0 Å². The van der Waals surface area contributed by atoms with Crippen molar-refractivity contribution >= 4 is 29.3 Å². The van der Waals surface area contributed by atoms with Gasteiger partial charge in [0.2, 0.25) is 11.1 Å². The molecule has 0 aliphatic rings. The van der Waals surface area contributed by atoms with E-state index in [0.29, 0.717) is 28.5 Å². The average Bonchev–Trinajstić information content (AvgIpc) is 2.93. The third kappa shape index (κ3) is 4.74. The van der Waals surface area contributed by atoms with E-state index in [1.165, 1.54) is 11.8 Å². The van der Waals surface area contributed by atoms with E-state index in [9.17, 15) is 4.79 Å². The fraction of sp³-hybridized carbons (Fsp3) is 0.400. The molecule has 0 unspecified atom stereocenters. The Kier molecular flexibility index (Phi) is 5.85. The van der Waals surface area contributed by atoms with E-state index in [1.54, 1.807) is 12.1 Å². The molecule has 1 aromatic heterocycles. The van der Waals surface area contributed by atoms with E-state index in [2.05, 4.69) is 34.3 Å². The fourth-order valence-electron chi connectivity index (χ4n) is 1.70. The number of benzene rings is 1. The highest BCUT2D eigenvalue weighted by Crippen LogP contribution is 2.23.